The van der Waals surface area contributed by atoms with Crippen molar-refractivity contribution in [3.8, 4) is 0 Å². The van der Waals surface area contributed by atoms with Gasteiger partial charge in [-0.05, 0) is 6.92 Å². The molecule has 0 unspecified atom stereocenters. The third-order valence-corrected chi connectivity index (χ3v) is 2.30. The van der Waals surface area contributed by atoms with Gasteiger partial charge in [-0.1, -0.05) is 0 Å². The number of aromatic nitrogens is 1. The molecule has 0 saturated carbocycles. The van der Waals surface area contributed by atoms with Crippen LogP contribution in [0.2, 0.25) is 0 Å². The Balaban J connectivity index is 2.69. The Morgan fingerprint density at radius 3 is 2.77 bits per heavy atom. The Labute approximate surface area is 79.6 Å². The van der Waals surface area contributed by atoms with Crippen LogP contribution in [-0.4, -0.2) is 23.8 Å². The van der Waals surface area contributed by atoms with Gasteiger partial charge in [0, 0.05) is 4.88 Å². The van der Waals surface area contributed by atoms with E-state index in [1.807, 2.05) is 0 Å². The molecule has 0 amide bonds. The van der Waals surface area contributed by atoms with Gasteiger partial charge in [0.25, 0.3) is 0 Å². The van der Waals surface area contributed by atoms with E-state index in [0.717, 1.165) is 4.88 Å². The normalized spacial score (nSPS) is 9.69. The van der Waals surface area contributed by atoms with Crippen molar-refractivity contribution in [2.75, 3.05) is 7.11 Å². The minimum atomic E-state index is -0.530. The molecule has 0 fully saturated rings. The van der Waals surface area contributed by atoms with Crippen molar-refractivity contribution in [2.24, 2.45) is 0 Å². The van der Waals surface area contributed by atoms with Crippen molar-refractivity contribution in [3.05, 3.63) is 16.1 Å². The molecule has 13 heavy (non-hydrogen) atoms. The van der Waals surface area contributed by atoms with E-state index in [1.54, 1.807) is 12.4 Å². The van der Waals surface area contributed by atoms with Crippen LogP contribution < -0.4 is 0 Å². The fraction of sp³-hybridized carbons (Fsp3) is 0.375. The summed E-state index contributed by atoms with van der Waals surface area (Å²) in [6.45, 7) is 1.79. The van der Waals surface area contributed by atoms with Gasteiger partial charge < -0.3 is 4.74 Å². The highest BCUT2D eigenvalue weighted by Gasteiger charge is 2.15. The lowest BCUT2D eigenvalue weighted by atomic mass is 10.2. The molecule has 0 aliphatic rings. The monoisotopic (exact) mass is 199 g/mol. The average Bonchev–Trinajstić information content (AvgIpc) is 2.51. The van der Waals surface area contributed by atoms with E-state index >= 15 is 0 Å². The first kappa shape index (κ1) is 9.85. The van der Waals surface area contributed by atoms with Gasteiger partial charge in [0.15, 0.2) is 5.78 Å². The van der Waals surface area contributed by atoms with Crippen molar-refractivity contribution in [1.82, 2.24) is 4.98 Å². The molecule has 0 saturated heterocycles. The van der Waals surface area contributed by atoms with Gasteiger partial charge in [-0.2, -0.15) is 0 Å². The third kappa shape index (κ3) is 2.35. The summed E-state index contributed by atoms with van der Waals surface area (Å²) in [6, 6.07) is 0. The lowest BCUT2D eigenvalue weighted by molar-refractivity contribution is -0.139. The van der Waals surface area contributed by atoms with Gasteiger partial charge in [0.2, 0.25) is 0 Å². The van der Waals surface area contributed by atoms with Crippen molar-refractivity contribution in [1.29, 1.82) is 0 Å². The second kappa shape index (κ2) is 4.13. The number of hydrogen-bond donors (Lipinski definition) is 0. The quantitative estimate of drug-likeness (QED) is 0.417. The highest BCUT2D eigenvalue weighted by atomic mass is 32.1. The van der Waals surface area contributed by atoms with Gasteiger partial charge >= 0.3 is 5.97 Å². The van der Waals surface area contributed by atoms with Crippen LogP contribution >= 0.6 is 11.3 Å². The van der Waals surface area contributed by atoms with Crippen molar-refractivity contribution < 1.29 is 14.3 Å². The number of ether oxygens (including phenoxy) is 1. The number of thiazole rings is 1. The van der Waals surface area contributed by atoms with Crippen LogP contribution in [0.1, 0.15) is 21.8 Å². The Kier molecular flexibility index (Phi) is 3.13. The number of carbonyl (C=O) groups is 2. The summed E-state index contributed by atoms with van der Waals surface area (Å²) in [5.74, 6) is -0.817. The summed E-state index contributed by atoms with van der Waals surface area (Å²) >= 11 is 1.38. The summed E-state index contributed by atoms with van der Waals surface area (Å²) in [5, 5.41) is 0. The molecule has 4 nitrogen and oxygen atoms in total. The summed E-state index contributed by atoms with van der Waals surface area (Å²) in [5.41, 5.74) is 1.95. The minimum Gasteiger partial charge on any atom is -0.469 e. The highest BCUT2D eigenvalue weighted by molar-refractivity contribution is 7.09. The number of aryl methyl sites for hydroxylation is 1. The van der Waals surface area contributed by atoms with E-state index < -0.39 is 5.97 Å². The summed E-state index contributed by atoms with van der Waals surface area (Å²) in [6.07, 6.45) is -0.235. The second-order valence-electron chi connectivity index (χ2n) is 2.43. The molecule has 70 valence electrons. The number of Topliss-reactive ketones (excluding diaryl/α,β-unsaturated/α-hetero) is 1. The van der Waals surface area contributed by atoms with Crippen molar-refractivity contribution >= 4 is 23.1 Å². The number of ketones is 1. The predicted molar refractivity (Wildman–Crippen MR) is 47.8 cm³/mol. The van der Waals surface area contributed by atoms with Gasteiger partial charge in [0.1, 0.15) is 12.1 Å². The maximum Gasteiger partial charge on any atom is 0.313 e. The number of carbonyl (C=O) groups excluding carboxylic acids is 2. The van der Waals surface area contributed by atoms with Crippen LogP contribution in [0.3, 0.4) is 0 Å². The van der Waals surface area contributed by atoms with Crippen LogP contribution in [0, 0.1) is 6.92 Å². The number of esters is 1. The standard InChI is InChI=1S/C8H9NO3S/c1-5-8(9-4-13-5)6(10)3-7(11)12-2/h4H,3H2,1-2H3. The smallest absolute Gasteiger partial charge is 0.313 e. The van der Waals surface area contributed by atoms with E-state index in [2.05, 4.69) is 9.72 Å². The SMILES string of the molecule is COC(=O)CC(=O)c1ncsc1C. The molecule has 0 aliphatic carbocycles. The molecule has 0 atom stereocenters. The summed E-state index contributed by atoms with van der Waals surface area (Å²) in [7, 11) is 1.25. The van der Waals surface area contributed by atoms with Gasteiger partial charge in [-0.3, -0.25) is 9.59 Å². The molecular formula is C8H9NO3S. The summed E-state index contributed by atoms with van der Waals surface area (Å²) in [4.78, 5) is 26.8. The minimum absolute atomic E-state index is 0.235. The average molecular weight is 199 g/mol. The zero-order valence-electron chi connectivity index (χ0n) is 7.36. The molecule has 1 aromatic heterocycles. The van der Waals surface area contributed by atoms with E-state index in [-0.39, 0.29) is 12.2 Å². The Morgan fingerprint density at radius 1 is 1.62 bits per heavy atom. The van der Waals surface area contributed by atoms with Crippen LogP contribution in [0.15, 0.2) is 5.51 Å². The van der Waals surface area contributed by atoms with E-state index in [9.17, 15) is 9.59 Å². The molecule has 1 rings (SSSR count). The highest BCUT2D eigenvalue weighted by Crippen LogP contribution is 2.13. The molecule has 5 heteroatoms. The van der Waals surface area contributed by atoms with Gasteiger partial charge in [-0.15, -0.1) is 11.3 Å². The molecule has 1 aromatic rings. The van der Waals surface area contributed by atoms with Crippen LogP contribution in [0.4, 0.5) is 0 Å². The first-order valence-corrected chi connectivity index (χ1v) is 4.53. The van der Waals surface area contributed by atoms with Gasteiger partial charge in [0.05, 0.1) is 12.6 Å². The second-order valence-corrected chi connectivity index (χ2v) is 3.49. The Bertz CT molecular complexity index is 332. The predicted octanol–water partition coefficient (Wildman–Crippen LogP) is 1.20. The zero-order chi connectivity index (χ0) is 9.84. The van der Waals surface area contributed by atoms with Crippen molar-refractivity contribution in [3.63, 3.8) is 0 Å². The largest absolute Gasteiger partial charge is 0.469 e. The van der Waals surface area contributed by atoms with E-state index in [0.29, 0.717) is 5.69 Å². The third-order valence-electron chi connectivity index (χ3n) is 1.54. The molecule has 0 radical (unpaired) electrons. The van der Waals surface area contributed by atoms with Crippen molar-refractivity contribution in [2.45, 2.75) is 13.3 Å². The first-order chi connectivity index (χ1) is 6.15. The fourth-order valence-electron chi connectivity index (χ4n) is 0.860. The topological polar surface area (TPSA) is 56.3 Å². The van der Waals surface area contributed by atoms with E-state index in [4.69, 9.17) is 0 Å². The number of nitrogens with zero attached hydrogens (tertiary/aromatic N) is 1. The van der Waals surface area contributed by atoms with E-state index in [1.165, 1.54) is 18.4 Å². The van der Waals surface area contributed by atoms with Crippen LogP contribution in [0.5, 0.6) is 0 Å². The lowest BCUT2D eigenvalue weighted by Gasteiger charge is -1.96. The lowest BCUT2D eigenvalue weighted by Crippen LogP contribution is -2.10. The first-order valence-electron chi connectivity index (χ1n) is 3.65. The molecule has 0 spiro atoms. The Morgan fingerprint density at radius 2 is 2.31 bits per heavy atom. The Hall–Kier alpha value is -1.23. The zero-order valence-corrected chi connectivity index (χ0v) is 8.18. The molecular weight excluding hydrogens is 190 g/mol. The van der Waals surface area contributed by atoms with Gasteiger partial charge in [-0.25, -0.2) is 4.98 Å². The molecule has 0 aromatic carbocycles. The van der Waals surface area contributed by atoms with Crippen LogP contribution in [-0.2, 0) is 9.53 Å². The fourth-order valence-corrected chi connectivity index (χ4v) is 1.45. The molecule has 0 bridgehead atoms. The number of hydrogen-bond acceptors (Lipinski definition) is 5. The van der Waals surface area contributed by atoms with Crippen LogP contribution in [0.25, 0.3) is 0 Å². The maximum absolute atomic E-state index is 11.3. The molecule has 0 N–H and O–H groups in total. The summed E-state index contributed by atoms with van der Waals surface area (Å²) < 4.78 is 4.37. The molecule has 1 heterocycles. The maximum atomic E-state index is 11.3. The molecule has 0 aliphatic heterocycles. The number of rotatable bonds is 3. The number of methoxy groups -OCH3 is 1.